The lowest BCUT2D eigenvalue weighted by Gasteiger charge is -2.33. The molecule has 12 heteroatoms. The van der Waals surface area contributed by atoms with Crippen molar-refractivity contribution in [3.8, 4) is 5.75 Å². The maximum absolute atomic E-state index is 13.8. The number of nitro groups is 1. The van der Waals surface area contributed by atoms with Crippen LogP contribution < -0.4 is 14.4 Å². The van der Waals surface area contributed by atoms with Crippen molar-refractivity contribution in [1.82, 2.24) is 10.2 Å². The highest BCUT2D eigenvalue weighted by Crippen LogP contribution is 2.28. The predicted octanol–water partition coefficient (Wildman–Crippen LogP) is 3.40. The van der Waals surface area contributed by atoms with Gasteiger partial charge in [-0.3, -0.25) is 24.0 Å². The van der Waals surface area contributed by atoms with Crippen LogP contribution in [-0.2, 0) is 26.2 Å². The summed E-state index contributed by atoms with van der Waals surface area (Å²) < 4.78 is 31.8. The summed E-state index contributed by atoms with van der Waals surface area (Å²) in [5.41, 5.74) is 0.840. The summed E-state index contributed by atoms with van der Waals surface area (Å²) in [5.74, 6) is -0.414. The zero-order chi connectivity index (χ0) is 28.6. The van der Waals surface area contributed by atoms with Crippen LogP contribution >= 0.6 is 0 Å². The standard InChI is InChI=1S/C26H36N4O7S/c1-7-19(4)27-26(32)23(8-2)28(16-20-10-9-11-22(14-20)37-5)25(31)17-29(38(6,35)36)24-15-21(30(33)34)13-12-18(24)3/h9-15,19,23H,7-8,16-17H2,1-6H3,(H,27,32)/t19-,23-/m0/s1. The fourth-order valence-corrected chi connectivity index (χ4v) is 4.80. The molecule has 0 heterocycles. The summed E-state index contributed by atoms with van der Waals surface area (Å²) in [7, 11) is -2.51. The lowest BCUT2D eigenvalue weighted by molar-refractivity contribution is -0.384. The van der Waals surface area contributed by atoms with Gasteiger partial charge in [0.1, 0.15) is 18.3 Å². The van der Waals surface area contributed by atoms with Crippen LogP contribution in [0, 0.1) is 17.0 Å². The summed E-state index contributed by atoms with van der Waals surface area (Å²) in [5, 5.41) is 14.3. The van der Waals surface area contributed by atoms with Crippen LogP contribution in [0.4, 0.5) is 11.4 Å². The van der Waals surface area contributed by atoms with Crippen LogP contribution in [0.5, 0.6) is 5.75 Å². The molecule has 0 bridgehead atoms. The topological polar surface area (TPSA) is 139 Å². The van der Waals surface area contributed by atoms with E-state index >= 15 is 0 Å². The third-order valence-corrected chi connectivity index (χ3v) is 7.35. The average molecular weight is 549 g/mol. The molecule has 2 rings (SSSR count). The highest BCUT2D eigenvalue weighted by atomic mass is 32.2. The zero-order valence-corrected chi connectivity index (χ0v) is 23.4. The van der Waals surface area contributed by atoms with Gasteiger partial charge in [-0.15, -0.1) is 0 Å². The van der Waals surface area contributed by atoms with Gasteiger partial charge in [0.25, 0.3) is 5.69 Å². The highest BCUT2D eigenvalue weighted by Gasteiger charge is 2.33. The number of anilines is 1. The van der Waals surface area contributed by atoms with E-state index in [0.29, 0.717) is 23.3 Å². The molecule has 0 aliphatic heterocycles. The Labute approximate surface area is 224 Å². The molecule has 0 aliphatic rings. The molecular weight excluding hydrogens is 512 g/mol. The van der Waals surface area contributed by atoms with Gasteiger partial charge in [0.2, 0.25) is 21.8 Å². The summed E-state index contributed by atoms with van der Waals surface area (Å²) in [4.78, 5) is 39.0. The van der Waals surface area contributed by atoms with E-state index in [4.69, 9.17) is 4.74 Å². The number of carbonyl (C=O) groups is 2. The quantitative estimate of drug-likeness (QED) is 0.299. The van der Waals surface area contributed by atoms with Gasteiger partial charge in [0, 0.05) is 24.7 Å². The Balaban J connectivity index is 2.54. The minimum atomic E-state index is -4.03. The van der Waals surface area contributed by atoms with E-state index in [1.807, 2.05) is 13.8 Å². The number of hydrogen-bond acceptors (Lipinski definition) is 7. The molecule has 2 amide bonds. The van der Waals surface area contributed by atoms with E-state index in [1.165, 1.54) is 24.1 Å². The zero-order valence-electron chi connectivity index (χ0n) is 22.6. The Hall–Kier alpha value is -3.67. The summed E-state index contributed by atoms with van der Waals surface area (Å²) >= 11 is 0. The van der Waals surface area contributed by atoms with Gasteiger partial charge in [-0.05, 0) is 49.9 Å². The second-order valence-electron chi connectivity index (χ2n) is 9.11. The molecule has 1 N–H and O–H groups in total. The highest BCUT2D eigenvalue weighted by molar-refractivity contribution is 7.92. The Morgan fingerprint density at radius 2 is 1.82 bits per heavy atom. The molecule has 2 aromatic rings. The molecule has 0 saturated carbocycles. The van der Waals surface area contributed by atoms with E-state index in [0.717, 1.165) is 16.6 Å². The number of nitro benzene ring substituents is 1. The number of benzene rings is 2. The molecule has 38 heavy (non-hydrogen) atoms. The normalized spacial score (nSPS) is 12.8. The van der Waals surface area contributed by atoms with Crippen LogP contribution in [0.3, 0.4) is 0 Å². The van der Waals surface area contributed by atoms with Gasteiger partial charge in [-0.1, -0.05) is 32.0 Å². The maximum Gasteiger partial charge on any atom is 0.271 e. The van der Waals surface area contributed by atoms with Gasteiger partial charge in [-0.2, -0.15) is 0 Å². The number of carbonyl (C=O) groups excluding carboxylic acids is 2. The largest absolute Gasteiger partial charge is 0.497 e. The molecule has 0 aromatic heterocycles. The molecule has 0 radical (unpaired) electrons. The van der Waals surface area contributed by atoms with E-state index in [-0.39, 0.29) is 36.3 Å². The third-order valence-electron chi connectivity index (χ3n) is 6.23. The SMILES string of the molecule is CC[C@H](C)NC(=O)[C@H](CC)N(Cc1cccc(OC)c1)C(=O)CN(c1cc([N+](=O)[O-])ccc1C)S(C)(=O)=O. The first-order valence-electron chi connectivity index (χ1n) is 12.3. The Morgan fingerprint density at radius 1 is 1.13 bits per heavy atom. The smallest absolute Gasteiger partial charge is 0.271 e. The average Bonchev–Trinajstić information content (AvgIpc) is 2.86. The third kappa shape index (κ3) is 7.91. The molecule has 2 atom stereocenters. The van der Waals surface area contributed by atoms with Gasteiger partial charge < -0.3 is 15.0 Å². The molecule has 0 aliphatic carbocycles. The maximum atomic E-state index is 13.8. The van der Waals surface area contributed by atoms with E-state index < -0.39 is 33.4 Å². The molecule has 0 fully saturated rings. The first kappa shape index (κ1) is 30.6. The number of amides is 2. The van der Waals surface area contributed by atoms with Crippen LogP contribution in [0.1, 0.15) is 44.7 Å². The summed E-state index contributed by atoms with van der Waals surface area (Å²) in [6, 6.07) is 9.84. The van der Waals surface area contributed by atoms with Crippen molar-refractivity contribution in [2.45, 2.75) is 59.2 Å². The second-order valence-corrected chi connectivity index (χ2v) is 11.0. The fourth-order valence-electron chi connectivity index (χ4n) is 3.90. The lowest BCUT2D eigenvalue weighted by atomic mass is 10.1. The van der Waals surface area contributed by atoms with Crippen LogP contribution in [0.2, 0.25) is 0 Å². The molecule has 208 valence electrons. The van der Waals surface area contributed by atoms with Gasteiger partial charge in [-0.25, -0.2) is 8.42 Å². The number of aryl methyl sites for hydroxylation is 1. The Kier molecular flexibility index (Phi) is 10.6. The lowest BCUT2D eigenvalue weighted by Crippen LogP contribution is -2.53. The number of non-ortho nitro benzene ring substituents is 1. The number of hydrogen-bond donors (Lipinski definition) is 1. The fraction of sp³-hybridized carbons (Fsp3) is 0.462. The first-order chi connectivity index (χ1) is 17.8. The van der Waals surface area contributed by atoms with Crippen molar-refractivity contribution in [3.05, 3.63) is 63.7 Å². The van der Waals surface area contributed by atoms with E-state index in [1.54, 1.807) is 38.1 Å². The van der Waals surface area contributed by atoms with E-state index in [2.05, 4.69) is 5.32 Å². The molecule has 0 saturated heterocycles. The number of ether oxygens (including phenoxy) is 1. The number of methoxy groups -OCH3 is 1. The van der Waals surface area contributed by atoms with Crippen molar-refractivity contribution in [2.75, 3.05) is 24.2 Å². The van der Waals surface area contributed by atoms with Crippen LogP contribution in [0.15, 0.2) is 42.5 Å². The number of nitrogens with one attached hydrogen (secondary N) is 1. The van der Waals surface area contributed by atoms with Crippen molar-refractivity contribution < 1.29 is 27.7 Å². The van der Waals surface area contributed by atoms with Crippen LogP contribution in [-0.4, -0.2) is 62.0 Å². The summed E-state index contributed by atoms with van der Waals surface area (Å²) in [6.07, 6.45) is 1.91. The predicted molar refractivity (Wildman–Crippen MR) is 146 cm³/mol. The van der Waals surface area contributed by atoms with Crippen molar-refractivity contribution in [3.63, 3.8) is 0 Å². The summed E-state index contributed by atoms with van der Waals surface area (Å²) in [6.45, 7) is 6.54. The Morgan fingerprint density at radius 3 is 2.37 bits per heavy atom. The minimum Gasteiger partial charge on any atom is -0.497 e. The number of sulfonamides is 1. The number of rotatable bonds is 13. The molecule has 0 spiro atoms. The van der Waals surface area contributed by atoms with Gasteiger partial charge >= 0.3 is 0 Å². The van der Waals surface area contributed by atoms with Crippen molar-refractivity contribution >= 4 is 33.2 Å². The monoisotopic (exact) mass is 548 g/mol. The minimum absolute atomic E-state index is 0.0217. The van der Waals surface area contributed by atoms with Gasteiger partial charge in [0.15, 0.2) is 0 Å². The molecular formula is C26H36N4O7S. The van der Waals surface area contributed by atoms with Crippen molar-refractivity contribution in [1.29, 1.82) is 0 Å². The first-order valence-corrected chi connectivity index (χ1v) is 14.1. The second kappa shape index (κ2) is 13.2. The molecule has 11 nitrogen and oxygen atoms in total. The van der Waals surface area contributed by atoms with Crippen LogP contribution in [0.25, 0.3) is 0 Å². The van der Waals surface area contributed by atoms with Gasteiger partial charge in [0.05, 0.1) is 24.0 Å². The molecule has 0 unspecified atom stereocenters. The van der Waals surface area contributed by atoms with Crippen molar-refractivity contribution in [2.24, 2.45) is 0 Å². The Bertz CT molecular complexity index is 1270. The number of nitrogens with zero attached hydrogens (tertiary/aromatic N) is 3. The molecule has 2 aromatic carbocycles. The van der Waals surface area contributed by atoms with E-state index in [9.17, 15) is 28.1 Å².